The van der Waals surface area contributed by atoms with Crippen LogP contribution in [0.2, 0.25) is 0 Å². The summed E-state index contributed by atoms with van der Waals surface area (Å²) >= 11 is 1.58. The van der Waals surface area contributed by atoms with Crippen molar-refractivity contribution < 1.29 is 4.79 Å². The van der Waals surface area contributed by atoms with Gasteiger partial charge < -0.3 is 16.0 Å². The summed E-state index contributed by atoms with van der Waals surface area (Å²) in [6, 6.07) is 3.71. The first-order chi connectivity index (χ1) is 17.6. The van der Waals surface area contributed by atoms with E-state index in [-0.39, 0.29) is 5.91 Å². The molecule has 1 aromatic rings. The highest BCUT2D eigenvalue weighted by Gasteiger charge is 2.12. The Morgan fingerprint density at radius 1 is 1.11 bits per heavy atom. The third-order valence-corrected chi connectivity index (χ3v) is 6.87. The van der Waals surface area contributed by atoms with Gasteiger partial charge in [0.25, 0.3) is 0 Å². The number of amides is 1. The van der Waals surface area contributed by atoms with E-state index in [1.165, 1.54) is 0 Å². The first-order valence-corrected chi connectivity index (χ1v) is 13.3. The number of hydrogen-bond donors (Lipinski definition) is 2. The zero-order chi connectivity index (χ0) is 27.8. The second kappa shape index (κ2) is 17.3. The van der Waals surface area contributed by atoms with Gasteiger partial charge in [-0.1, -0.05) is 68.0 Å². The first-order valence-electron chi connectivity index (χ1n) is 12.5. The lowest BCUT2D eigenvalue weighted by atomic mass is 10.0. The standard InChI is InChI=1S/C30H43N5OS/c1-9-14-27(21-31)26(11-3)20-23(5)35(8)25(7)37-24(6)15-12-13-16-28-17-18-29(34-33-28)32-30(36)19-22(4)10-2/h9-11,14,17-18H,1,5-7,12-13,15-16,19-21,31H2,2-4,8H3,(H,32,34,36)/b22-10+,26-11-,27-14-. The molecule has 6 nitrogen and oxygen atoms in total. The Labute approximate surface area is 227 Å². The Hall–Kier alpha value is -3.16. The van der Waals surface area contributed by atoms with Gasteiger partial charge in [-0.15, -0.1) is 5.10 Å². The van der Waals surface area contributed by atoms with Crippen LogP contribution in [0.25, 0.3) is 0 Å². The summed E-state index contributed by atoms with van der Waals surface area (Å²) in [7, 11) is 1.98. The molecule has 37 heavy (non-hydrogen) atoms. The van der Waals surface area contributed by atoms with E-state index in [0.29, 0.717) is 25.2 Å². The van der Waals surface area contributed by atoms with Crippen LogP contribution in [0.5, 0.6) is 0 Å². The maximum absolute atomic E-state index is 12.0. The summed E-state index contributed by atoms with van der Waals surface area (Å²) in [6.07, 6.45) is 12.4. The highest BCUT2D eigenvalue weighted by atomic mass is 32.2. The van der Waals surface area contributed by atoms with E-state index in [1.807, 2.05) is 50.9 Å². The Morgan fingerprint density at radius 3 is 2.41 bits per heavy atom. The third kappa shape index (κ3) is 12.1. The summed E-state index contributed by atoms with van der Waals surface area (Å²) in [5.41, 5.74) is 10.9. The van der Waals surface area contributed by atoms with Crippen LogP contribution in [-0.4, -0.2) is 34.6 Å². The van der Waals surface area contributed by atoms with Crippen LogP contribution in [0.4, 0.5) is 5.82 Å². The van der Waals surface area contributed by atoms with Crippen LogP contribution in [-0.2, 0) is 11.2 Å². The fraction of sp³-hybridized carbons (Fsp3) is 0.367. The highest BCUT2D eigenvalue weighted by Crippen LogP contribution is 2.32. The van der Waals surface area contributed by atoms with Gasteiger partial charge in [-0.25, -0.2) is 0 Å². The molecule has 0 aliphatic rings. The second-order valence-corrected chi connectivity index (χ2v) is 10.0. The van der Waals surface area contributed by atoms with Crippen molar-refractivity contribution in [2.75, 3.05) is 18.9 Å². The molecule has 200 valence electrons. The topological polar surface area (TPSA) is 84.1 Å². The van der Waals surface area contributed by atoms with Gasteiger partial charge in [-0.2, -0.15) is 5.10 Å². The molecule has 0 saturated heterocycles. The Kier molecular flexibility index (Phi) is 14.9. The van der Waals surface area contributed by atoms with E-state index < -0.39 is 0 Å². The summed E-state index contributed by atoms with van der Waals surface area (Å²) < 4.78 is 0. The molecule has 0 fully saturated rings. The van der Waals surface area contributed by atoms with Crippen LogP contribution < -0.4 is 11.1 Å². The molecule has 1 amide bonds. The number of anilines is 1. The molecule has 1 aromatic heterocycles. The molecule has 7 heteroatoms. The van der Waals surface area contributed by atoms with E-state index in [0.717, 1.165) is 63.7 Å². The summed E-state index contributed by atoms with van der Waals surface area (Å²) in [4.78, 5) is 15.0. The van der Waals surface area contributed by atoms with Crippen LogP contribution in [0.1, 0.15) is 58.6 Å². The maximum atomic E-state index is 12.0. The van der Waals surface area contributed by atoms with E-state index in [4.69, 9.17) is 5.73 Å². The summed E-state index contributed by atoms with van der Waals surface area (Å²) in [5, 5.41) is 12.0. The van der Waals surface area contributed by atoms with Crippen LogP contribution >= 0.6 is 11.8 Å². The fourth-order valence-electron chi connectivity index (χ4n) is 3.38. The zero-order valence-electron chi connectivity index (χ0n) is 23.0. The van der Waals surface area contributed by atoms with E-state index >= 15 is 0 Å². The Morgan fingerprint density at radius 2 is 1.84 bits per heavy atom. The predicted octanol–water partition coefficient (Wildman–Crippen LogP) is 7.06. The van der Waals surface area contributed by atoms with Crippen molar-refractivity contribution in [1.82, 2.24) is 15.1 Å². The molecule has 1 rings (SSSR count). The van der Waals surface area contributed by atoms with Gasteiger partial charge in [0.2, 0.25) is 5.91 Å². The van der Waals surface area contributed by atoms with Crippen molar-refractivity contribution in [3.05, 3.63) is 101 Å². The van der Waals surface area contributed by atoms with Gasteiger partial charge in [0.05, 0.1) is 10.7 Å². The number of thioether (sulfide) groups is 1. The molecule has 0 aliphatic carbocycles. The van der Waals surface area contributed by atoms with Gasteiger partial charge in [-0.3, -0.25) is 4.79 Å². The second-order valence-electron chi connectivity index (χ2n) is 8.76. The lowest BCUT2D eigenvalue weighted by molar-refractivity contribution is -0.115. The maximum Gasteiger partial charge on any atom is 0.229 e. The Bertz CT molecular complexity index is 1050. The number of unbranched alkanes of at least 4 members (excludes halogenated alkanes) is 1. The highest BCUT2D eigenvalue weighted by molar-refractivity contribution is 8.06. The predicted molar refractivity (Wildman–Crippen MR) is 161 cm³/mol. The van der Waals surface area contributed by atoms with Gasteiger partial charge in [0.15, 0.2) is 5.82 Å². The van der Waals surface area contributed by atoms with Gasteiger partial charge >= 0.3 is 0 Å². The Balaban J connectivity index is 2.43. The van der Waals surface area contributed by atoms with Crippen molar-refractivity contribution >= 4 is 23.5 Å². The van der Waals surface area contributed by atoms with Gasteiger partial charge in [0, 0.05) is 32.1 Å². The molecule has 0 aromatic carbocycles. The van der Waals surface area contributed by atoms with Crippen molar-refractivity contribution in [1.29, 1.82) is 0 Å². The minimum atomic E-state index is -0.0865. The number of nitrogens with zero attached hydrogens (tertiary/aromatic N) is 3. The smallest absolute Gasteiger partial charge is 0.229 e. The van der Waals surface area contributed by atoms with Crippen molar-refractivity contribution in [3.8, 4) is 0 Å². The largest absolute Gasteiger partial charge is 0.343 e. The van der Waals surface area contributed by atoms with Crippen LogP contribution in [0, 0.1) is 0 Å². The van der Waals surface area contributed by atoms with E-state index in [1.54, 1.807) is 23.9 Å². The number of rotatable bonds is 17. The van der Waals surface area contributed by atoms with E-state index in [9.17, 15) is 4.79 Å². The van der Waals surface area contributed by atoms with Crippen LogP contribution in [0.3, 0.4) is 0 Å². The lowest BCUT2D eigenvalue weighted by Crippen LogP contribution is -2.16. The molecule has 0 saturated carbocycles. The number of allylic oxidation sites excluding steroid dienone is 6. The van der Waals surface area contributed by atoms with E-state index in [2.05, 4.69) is 47.9 Å². The molecule has 0 bridgehead atoms. The number of aromatic nitrogens is 2. The van der Waals surface area contributed by atoms with Crippen molar-refractivity contribution in [3.63, 3.8) is 0 Å². The average molecular weight is 522 g/mol. The molecule has 3 N–H and O–H groups in total. The average Bonchev–Trinajstić information content (AvgIpc) is 2.88. The number of carbonyl (C=O) groups is 1. The van der Waals surface area contributed by atoms with Crippen molar-refractivity contribution in [2.24, 2.45) is 5.73 Å². The monoisotopic (exact) mass is 521 g/mol. The molecule has 0 unspecified atom stereocenters. The molecule has 0 spiro atoms. The van der Waals surface area contributed by atoms with Crippen molar-refractivity contribution in [2.45, 2.75) is 59.3 Å². The normalized spacial score (nSPS) is 12.2. The lowest BCUT2D eigenvalue weighted by Gasteiger charge is -2.25. The fourth-order valence-corrected chi connectivity index (χ4v) is 4.23. The number of carbonyl (C=O) groups excluding carboxylic acids is 1. The molecule has 0 radical (unpaired) electrons. The quantitative estimate of drug-likeness (QED) is 0.130. The number of nitrogens with one attached hydrogen (secondary N) is 1. The first kappa shape index (κ1) is 31.9. The van der Waals surface area contributed by atoms with Gasteiger partial charge in [0.1, 0.15) is 0 Å². The molecular weight excluding hydrogens is 478 g/mol. The molecule has 1 heterocycles. The number of aryl methyl sites for hydroxylation is 1. The summed E-state index contributed by atoms with van der Waals surface area (Å²) in [6.45, 7) is 22.7. The molecular formula is C30H43N5OS. The number of hydrogen-bond acceptors (Lipinski definition) is 6. The minimum Gasteiger partial charge on any atom is -0.343 e. The molecule has 0 atom stereocenters. The van der Waals surface area contributed by atoms with Gasteiger partial charge in [-0.05, 0) is 74.6 Å². The minimum absolute atomic E-state index is 0.0865. The zero-order valence-corrected chi connectivity index (χ0v) is 23.8. The third-order valence-electron chi connectivity index (χ3n) is 5.86. The number of nitrogens with two attached hydrogens (primary N) is 1. The SMILES string of the molecule is C=C/C=C(CN)\C(=C/C)CC(=C)N(C)C(=C)SC(=C)CCCCc1ccc(NC(=O)C/C(C)=C/C)nn1. The summed E-state index contributed by atoms with van der Waals surface area (Å²) in [5.74, 6) is 0.390. The van der Waals surface area contributed by atoms with Crippen LogP contribution in [0.15, 0.2) is 95.1 Å². The molecule has 0 aliphatic heterocycles.